The van der Waals surface area contributed by atoms with E-state index in [2.05, 4.69) is 10.3 Å². The third kappa shape index (κ3) is 3.93. The van der Waals surface area contributed by atoms with Crippen molar-refractivity contribution in [2.45, 2.75) is 32.7 Å². The fourth-order valence-electron chi connectivity index (χ4n) is 2.42. The average Bonchev–Trinajstić information content (AvgIpc) is 2.48. The number of nitrogens with one attached hydrogen (secondary N) is 1. The summed E-state index contributed by atoms with van der Waals surface area (Å²) in [5.74, 6) is 0.275. The van der Waals surface area contributed by atoms with Crippen molar-refractivity contribution in [3.05, 3.63) is 23.9 Å². The maximum atomic E-state index is 12.3. The quantitative estimate of drug-likeness (QED) is 0.905. The third-order valence-corrected chi connectivity index (χ3v) is 3.57. The molecule has 2 rings (SSSR count). The molecule has 6 nitrogen and oxygen atoms in total. The molecule has 2 amide bonds. The van der Waals surface area contributed by atoms with Gasteiger partial charge in [0.1, 0.15) is 5.56 Å². The number of carbonyl (C=O) groups is 2. The first kappa shape index (κ1) is 15.3. The molecular formula is C15H21N3O3. The molecule has 1 aromatic rings. The van der Waals surface area contributed by atoms with E-state index in [0.29, 0.717) is 31.1 Å². The standard InChI is InChI=1S/C15H21N3O3/c1-3-21-15-13(5-4-8-16-15)14(20)17-12-6-9-18(10-7-12)11(2)19/h4-5,8,12H,3,6-7,9-10H2,1-2H3,(H,17,20). The van der Waals surface area contributed by atoms with Crippen molar-refractivity contribution < 1.29 is 14.3 Å². The van der Waals surface area contributed by atoms with Gasteiger partial charge in [0, 0.05) is 32.3 Å². The highest BCUT2D eigenvalue weighted by atomic mass is 16.5. The molecule has 1 aromatic heterocycles. The fraction of sp³-hybridized carbons (Fsp3) is 0.533. The number of carbonyl (C=O) groups excluding carboxylic acids is 2. The summed E-state index contributed by atoms with van der Waals surface area (Å²) in [6.45, 7) is 5.27. The zero-order chi connectivity index (χ0) is 15.2. The number of nitrogens with zero attached hydrogens (tertiary/aromatic N) is 2. The molecular weight excluding hydrogens is 270 g/mol. The van der Waals surface area contributed by atoms with Crippen LogP contribution in [0.25, 0.3) is 0 Å². The third-order valence-electron chi connectivity index (χ3n) is 3.57. The number of hydrogen-bond acceptors (Lipinski definition) is 4. The Labute approximate surface area is 124 Å². The van der Waals surface area contributed by atoms with E-state index in [1.54, 1.807) is 30.2 Å². The Morgan fingerprint density at radius 2 is 2.14 bits per heavy atom. The number of aromatic nitrogens is 1. The molecule has 6 heteroatoms. The Bertz CT molecular complexity index is 511. The van der Waals surface area contributed by atoms with E-state index in [4.69, 9.17) is 4.74 Å². The number of piperidine rings is 1. The van der Waals surface area contributed by atoms with E-state index < -0.39 is 0 Å². The van der Waals surface area contributed by atoms with Crippen LogP contribution < -0.4 is 10.1 Å². The zero-order valence-corrected chi connectivity index (χ0v) is 12.5. The lowest BCUT2D eigenvalue weighted by Gasteiger charge is -2.31. The van der Waals surface area contributed by atoms with Crippen molar-refractivity contribution in [3.8, 4) is 5.88 Å². The molecule has 0 spiro atoms. The molecule has 1 aliphatic heterocycles. The highest BCUT2D eigenvalue weighted by Gasteiger charge is 2.23. The van der Waals surface area contributed by atoms with Gasteiger partial charge in [0.25, 0.3) is 5.91 Å². The number of amides is 2. The van der Waals surface area contributed by atoms with Gasteiger partial charge in [-0.25, -0.2) is 4.98 Å². The van der Waals surface area contributed by atoms with E-state index in [1.807, 2.05) is 6.92 Å². The maximum Gasteiger partial charge on any atom is 0.256 e. The molecule has 0 radical (unpaired) electrons. The lowest BCUT2D eigenvalue weighted by Crippen LogP contribution is -2.46. The van der Waals surface area contributed by atoms with Gasteiger partial charge in [-0.1, -0.05) is 0 Å². The van der Waals surface area contributed by atoms with Gasteiger partial charge in [0.2, 0.25) is 11.8 Å². The average molecular weight is 291 g/mol. The second-order valence-electron chi connectivity index (χ2n) is 5.04. The normalized spacial score (nSPS) is 15.6. The monoisotopic (exact) mass is 291 g/mol. The van der Waals surface area contributed by atoms with Crippen LogP contribution in [0.15, 0.2) is 18.3 Å². The zero-order valence-electron chi connectivity index (χ0n) is 12.5. The van der Waals surface area contributed by atoms with Crippen molar-refractivity contribution >= 4 is 11.8 Å². The van der Waals surface area contributed by atoms with Crippen LogP contribution in [0.1, 0.15) is 37.0 Å². The molecule has 0 saturated carbocycles. The molecule has 114 valence electrons. The second kappa shape index (κ2) is 7.06. The minimum Gasteiger partial charge on any atom is -0.477 e. The van der Waals surface area contributed by atoms with Crippen LogP contribution >= 0.6 is 0 Å². The van der Waals surface area contributed by atoms with Gasteiger partial charge in [-0.15, -0.1) is 0 Å². The summed E-state index contributed by atoms with van der Waals surface area (Å²) in [5.41, 5.74) is 0.452. The molecule has 1 aliphatic rings. The summed E-state index contributed by atoms with van der Waals surface area (Å²) in [5, 5.41) is 3.00. The summed E-state index contributed by atoms with van der Waals surface area (Å²) in [7, 11) is 0. The van der Waals surface area contributed by atoms with E-state index in [9.17, 15) is 9.59 Å². The van der Waals surface area contributed by atoms with Crippen LogP contribution in [0.4, 0.5) is 0 Å². The molecule has 0 unspecified atom stereocenters. The first-order valence-electron chi connectivity index (χ1n) is 7.26. The minimum atomic E-state index is -0.173. The molecule has 21 heavy (non-hydrogen) atoms. The van der Waals surface area contributed by atoms with Gasteiger partial charge in [0.05, 0.1) is 6.61 Å². The van der Waals surface area contributed by atoms with Gasteiger partial charge >= 0.3 is 0 Å². The lowest BCUT2D eigenvalue weighted by molar-refractivity contribution is -0.129. The Morgan fingerprint density at radius 1 is 1.43 bits per heavy atom. The van der Waals surface area contributed by atoms with Crippen molar-refractivity contribution in [2.24, 2.45) is 0 Å². The SMILES string of the molecule is CCOc1ncccc1C(=O)NC1CCN(C(C)=O)CC1. The second-order valence-corrected chi connectivity index (χ2v) is 5.04. The largest absolute Gasteiger partial charge is 0.477 e. The number of ether oxygens (including phenoxy) is 1. The van der Waals surface area contributed by atoms with E-state index >= 15 is 0 Å². The highest BCUT2D eigenvalue weighted by molar-refractivity contribution is 5.96. The summed E-state index contributed by atoms with van der Waals surface area (Å²) in [4.78, 5) is 29.5. The van der Waals surface area contributed by atoms with E-state index in [0.717, 1.165) is 12.8 Å². The Hall–Kier alpha value is -2.11. The van der Waals surface area contributed by atoms with Crippen molar-refractivity contribution in [3.63, 3.8) is 0 Å². The summed E-state index contributed by atoms with van der Waals surface area (Å²) in [6, 6.07) is 3.51. The molecule has 0 bridgehead atoms. The predicted octanol–water partition coefficient (Wildman–Crippen LogP) is 1.22. The Morgan fingerprint density at radius 3 is 2.76 bits per heavy atom. The van der Waals surface area contributed by atoms with Crippen LogP contribution in [-0.2, 0) is 4.79 Å². The van der Waals surface area contributed by atoms with Gasteiger partial charge in [-0.2, -0.15) is 0 Å². The predicted molar refractivity (Wildman–Crippen MR) is 78.1 cm³/mol. The summed E-state index contributed by atoms with van der Waals surface area (Å²) < 4.78 is 5.37. The van der Waals surface area contributed by atoms with Crippen LogP contribution in [0.2, 0.25) is 0 Å². The van der Waals surface area contributed by atoms with Gasteiger partial charge in [0.15, 0.2) is 0 Å². The van der Waals surface area contributed by atoms with E-state index in [1.165, 1.54) is 0 Å². The molecule has 2 heterocycles. The van der Waals surface area contributed by atoms with Crippen LogP contribution in [0.5, 0.6) is 5.88 Å². The number of hydrogen-bond donors (Lipinski definition) is 1. The molecule has 0 atom stereocenters. The van der Waals surface area contributed by atoms with Gasteiger partial charge in [-0.05, 0) is 31.9 Å². The van der Waals surface area contributed by atoms with Crippen molar-refractivity contribution in [1.82, 2.24) is 15.2 Å². The van der Waals surface area contributed by atoms with Crippen molar-refractivity contribution in [2.75, 3.05) is 19.7 Å². The maximum absolute atomic E-state index is 12.3. The Kier molecular flexibility index (Phi) is 5.14. The number of likely N-dealkylation sites (tertiary alicyclic amines) is 1. The number of rotatable bonds is 4. The smallest absolute Gasteiger partial charge is 0.256 e. The first-order valence-corrected chi connectivity index (χ1v) is 7.26. The fourth-order valence-corrected chi connectivity index (χ4v) is 2.42. The van der Waals surface area contributed by atoms with Gasteiger partial charge in [-0.3, -0.25) is 9.59 Å². The summed E-state index contributed by atoms with van der Waals surface area (Å²) in [6.07, 6.45) is 3.15. The van der Waals surface area contributed by atoms with Crippen LogP contribution in [-0.4, -0.2) is 47.4 Å². The van der Waals surface area contributed by atoms with E-state index in [-0.39, 0.29) is 17.9 Å². The first-order chi connectivity index (χ1) is 10.1. The highest BCUT2D eigenvalue weighted by Crippen LogP contribution is 2.16. The Balaban J connectivity index is 1.95. The minimum absolute atomic E-state index is 0.0859. The number of pyridine rings is 1. The molecule has 1 fully saturated rings. The molecule has 1 N–H and O–H groups in total. The summed E-state index contributed by atoms with van der Waals surface area (Å²) >= 11 is 0. The molecule has 0 aliphatic carbocycles. The van der Waals surface area contributed by atoms with Crippen LogP contribution in [0.3, 0.4) is 0 Å². The van der Waals surface area contributed by atoms with Gasteiger partial charge < -0.3 is 15.0 Å². The lowest BCUT2D eigenvalue weighted by atomic mass is 10.0. The molecule has 0 aromatic carbocycles. The van der Waals surface area contributed by atoms with Crippen molar-refractivity contribution in [1.29, 1.82) is 0 Å². The topological polar surface area (TPSA) is 71.5 Å². The molecule has 1 saturated heterocycles. The van der Waals surface area contributed by atoms with Crippen LogP contribution in [0, 0.1) is 0 Å².